The predicted octanol–water partition coefficient (Wildman–Crippen LogP) is 4.07. The van der Waals surface area contributed by atoms with Crippen molar-refractivity contribution in [1.29, 1.82) is 0 Å². The first-order chi connectivity index (χ1) is 9.61. The van der Waals surface area contributed by atoms with Crippen LogP contribution in [0.2, 0.25) is 5.02 Å². The summed E-state index contributed by atoms with van der Waals surface area (Å²) in [6.45, 7) is 0.122. The Morgan fingerprint density at radius 1 is 1.15 bits per heavy atom. The van der Waals surface area contributed by atoms with E-state index in [2.05, 4.69) is 9.97 Å². The third kappa shape index (κ3) is 2.58. The Hall–Kier alpha value is -2.14. The average molecular weight is 295 g/mol. The third-order valence-corrected chi connectivity index (χ3v) is 3.00. The molecule has 1 heterocycles. The Kier molecular flexibility index (Phi) is 3.28. The number of imidazole rings is 1. The van der Waals surface area contributed by atoms with Gasteiger partial charge in [-0.2, -0.15) is 0 Å². The molecule has 0 aliphatic carbocycles. The Balaban J connectivity index is 1.81. The summed E-state index contributed by atoms with van der Waals surface area (Å²) in [4.78, 5) is 6.85. The van der Waals surface area contributed by atoms with Crippen LogP contribution in [0, 0.1) is 11.6 Å². The van der Waals surface area contributed by atoms with Crippen LogP contribution in [-0.2, 0) is 6.61 Å². The number of H-pyrrole nitrogens is 1. The van der Waals surface area contributed by atoms with Gasteiger partial charge in [0.2, 0.25) is 0 Å². The molecular weight excluding hydrogens is 286 g/mol. The lowest BCUT2D eigenvalue weighted by Crippen LogP contribution is -1.97. The number of rotatable bonds is 3. The van der Waals surface area contributed by atoms with Crippen molar-refractivity contribution in [3.8, 4) is 5.75 Å². The number of hydrogen-bond acceptors (Lipinski definition) is 2. The number of aromatic nitrogens is 2. The van der Waals surface area contributed by atoms with Crippen molar-refractivity contribution in [2.24, 2.45) is 0 Å². The van der Waals surface area contributed by atoms with Gasteiger partial charge in [-0.15, -0.1) is 0 Å². The van der Waals surface area contributed by atoms with Crippen LogP contribution in [-0.4, -0.2) is 9.97 Å². The van der Waals surface area contributed by atoms with Crippen LogP contribution in [0.1, 0.15) is 5.82 Å². The molecule has 0 atom stereocenters. The summed E-state index contributed by atoms with van der Waals surface area (Å²) in [5.41, 5.74) is 0.401. The predicted molar refractivity (Wildman–Crippen MR) is 71.8 cm³/mol. The lowest BCUT2D eigenvalue weighted by atomic mass is 10.3. The lowest BCUT2D eigenvalue weighted by Gasteiger charge is -2.03. The number of nitrogens with zero attached hydrogens (tertiary/aromatic N) is 1. The second kappa shape index (κ2) is 5.09. The summed E-state index contributed by atoms with van der Waals surface area (Å²) < 4.78 is 32.0. The van der Waals surface area contributed by atoms with Gasteiger partial charge in [-0.05, 0) is 30.3 Å². The zero-order chi connectivity index (χ0) is 14.1. The maximum absolute atomic E-state index is 13.5. The fourth-order valence-electron chi connectivity index (χ4n) is 1.84. The van der Waals surface area contributed by atoms with Gasteiger partial charge in [-0.1, -0.05) is 11.6 Å². The molecule has 3 nitrogen and oxygen atoms in total. The normalized spacial score (nSPS) is 10.9. The Bertz CT molecular complexity index is 756. The molecule has 0 bridgehead atoms. The molecule has 3 aromatic rings. The molecule has 0 spiro atoms. The Morgan fingerprint density at radius 3 is 2.65 bits per heavy atom. The van der Waals surface area contributed by atoms with Crippen LogP contribution in [0.4, 0.5) is 8.78 Å². The maximum Gasteiger partial charge on any atom is 0.153 e. The van der Waals surface area contributed by atoms with Gasteiger partial charge in [-0.3, -0.25) is 0 Å². The fraction of sp³-hybridized carbons (Fsp3) is 0.0714. The number of hydrogen-bond donors (Lipinski definition) is 1. The molecule has 20 heavy (non-hydrogen) atoms. The molecule has 0 saturated carbocycles. The van der Waals surface area contributed by atoms with Gasteiger partial charge in [0, 0.05) is 11.1 Å². The highest BCUT2D eigenvalue weighted by atomic mass is 35.5. The number of halogens is 3. The van der Waals surface area contributed by atoms with Crippen LogP contribution in [0.3, 0.4) is 0 Å². The van der Waals surface area contributed by atoms with Crippen LogP contribution in [0.25, 0.3) is 11.0 Å². The quantitative estimate of drug-likeness (QED) is 0.790. The molecule has 0 amide bonds. The van der Waals surface area contributed by atoms with Crippen molar-refractivity contribution in [3.63, 3.8) is 0 Å². The average Bonchev–Trinajstić information content (AvgIpc) is 2.81. The molecule has 0 aliphatic rings. The smallest absolute Gasteiger partial charge is 0.153 e. The number of aromatic amines is 1. The van der Waals surface area contributed by atoms with E-state index in [4.69, 9.17) is 16.3 Å². The highest BCUT2D eigenvalue weighted by Crippen LogP contribution is 2.19. The zero-order valence-electron chi connectivity index (χ0n) is 10.2. The van der Waals surface area contributed by atoms with E-state index in [1.54, 1.807) is 24.3 Å². The molecular formula is C14H9ClF2N2O. The number of nitrogens with one attached hydrogen (secondary N) is 1. The van der Waals surface area contributed by atoms with Crippen molar-refractivity contribution in [1.82, 2.24) is 9.97 Å². The molecule has 0 radical (unpaired) electrons. The summed E-state index contributed by atoms with van der Waals surface area (Å²) in [5.74, 6) is -0.321. The monoisotopic (exact) mass is 294 g/mol. The molecule has 0 unspecified atom stereocenters. The first-order valence-electron chi connectivity index (χ1n) is 5.84. The first kappa shape index (κ1) is 12.9. The molecule has 3 rings (SSSR count). The van der Waals surface area contributed by atoms with E-state index < -0.39 is 11.6 Å². The molecule has 0 aliphatic heterocycles. The van der Waals surface area contributed by atoms with Gasteiger partial charge in [0.1, 0.15) is 29.5 Å². The van der Waals surface area contributed by atoms with E-state index in [0.717, 1.165) is 6.07 Å². The van der Waals surface area contributed by atoms with Crippen molar-refractivity contribution >= 4 is 22.6 Å². The van der Waals surface area contributed by atoms with Crippen molar-refractivity contribution in [3.05, 3.63) is 58.9 Å². The standard InChI is InChI=1S/C14H9ClF2N2O/c15-8-1-3-10(4-2-8)20-7-13-18-12-6-9(16)5-11(17)14(12)19-13/h1-6H,7H2,(H,18,19). The van der Waals surface area contributed by atoms with Crippen LogP contribution in [0.5, 0.6) is 5.75 Å². The summed E-state index contributed by atoms with van der Waals surface area (Å²) in [7, 11) is 0. The van der Waals surface area contributed by atoms with E-state index in [1.807, 2.05) is 0 Å². The van der Waals surface area contributed by atoms with Gasteiger partial charge < -0.3 is 9.72 Å². The second-order valence-corrected chi connectivity index (χ2v) is 4.65. The molecule has 0 saturated heterocycles. The Morgan fingerprint density at radius 2 is 1.90 bits per heavy atom. The summed E-state index contributed by atoms with van der Waals surface area (Å²) in [6, 6.07) is 8.82. The van der Waals surface area contributed by atoms with Gasteiger partial charge in [-0.25, -0.2) is 13.8 Å². The SMILES string of the molecule is Fc1cc(F)c2nc(COc3ccc(Cl)cc3)[nH]c2c1. The number of benzene rings is 2. The van der Waals surface area contributed by atoms with E-state index in [-0.39, 0.29) is 12.1 Å². The maximum atomic E-state index is 13.5. The summed E-state index contributed by atoms with van der Waals surface area (Å²) in [5, 5.41) is 0.610. The van der Waals surface area contributed by atoms with Crippen molar-refractivity contribution < 1.29 is 13.5 Å². The largest absolute Gasteiger partial charge is 0.486 e. The minimum Gasteiger partial charge on any atom is -0.486 e. The number of fused-ring (bicyclic) bond motifs is 1. The van der Waals surface area contributed by atoms with Crippen LogP contribution in [0.15, 0.2) is 36.4 Å². The van der Waals surface area contributed by atoms with Crippen molar-refractivity contribution in [2.75, 3.05) is 0 Å². The topological polar surface area (TPSA) is 37.9 Å². The Labute approximate surface area is 118 Å². The minimum absolute atomic E-state index is 0.0982. The van der Waals surface area contributed by atoms with Gasteiger partial charge in [0.05, 0.1) is 5.52 Å². The van der Waals surface area contributed by atoms with Crippen LogP contribution < -0.4 is 4.74 Å². The van der Waals surface area contributed by atoms with Crippen LogP contribution >= 0.6 is 11.6 Å². The molecule has 1 N–H and O–H groups in total. The van der Waals surface area contributed by atoms with Crippen molar-refractivity contribution in [2.45, 2.75) is 6.61 Å². The number of ether oxygens (including phenoxy) is 1. The molecule has 1 aromatic heterocycles. The molecule has 0 fully saturated rings. The lowest BCUT2D eigenvalue weighted by molar-refractivity contribution is 0.297. The molecule has 2 aromatic carbocycles. The molecule has 6 heteroatoms. The first-order valence-corrected chi connectivity index (χ1v) is 6.21. The fourth-order valence-corrected chi connectivity index (χ4v) is 1.97. The highest BCUT2D eigenvalue weighted by Gasteiger charge is 2.10. The van der Waals surface area contributed by atoms with Gasteiger partial charge >= 0.3 is 0 Å². The van der Waals surface area contributed by atoms with E-state index in [9.17, 15) is 8.78 Å². The summed E-state index contributed by atoms with van der Waals surface area (Å²) >= 11 is 5.76. The second-order valence-electron chi connectivity index (χ2n) is 4.21. The highest BCUT2D eigenvalue weighted by molar-refractivity contribution is 6.30. The van der Waals surface area contributed by atoms with E-state index in [1.165, 1.54) is 6.07 Å². The summed E-state index contributed by atoms with van der Waals surface area (Å²) in [6.07, 6.45) is 0. The van der Waals surface area contributed by atoms with E-state index >= 15 is 0 Å². The van der Waals surface area contributed by atoms with Gasteiger partial charge in [0.15, 0.2) is 5.82 Å². The third-order valence-electron chi connectivity index (χ3n) is 2.74. The zero-order valence-corrected chi connectivity index (χ0v) is 10.9. The minimum atomic E-state index is -0.700. The molecule has 102 valence electrons. The van der Waals surface area contributed by atoms with Gasteiger partial charge in [0.25, 0.3) is 0 Å². The van der Waals surface area contributed by atoms with E-state index in [0.29, 0.717) is 22.1 Å².